The van der Waals surface area contributed by atoms with Gasteiger partial charge in [-0.15, -0.1) is 0 Å². The molecule has 0 aliphatic carbocycles. The van der Waals surface area contributed by atoms with Crippen molar-refractivity contribution >= 4 is 17.5 Å². The molecule has 0 unspecified atom stereocenters. The average Bonchev–Trinajstić information content (AvgIpc) is 3.10. The zero-order valence-electron chi connectivity index (χ0n) is 15.7. The molecule has 2 amide bonds. The lowest BCUT2D eigenvalue weighted by molar-refractivity contribution is -0.187. The second kappa shape index (κ2) is 8.18. The molecular formula is C20H28N2O4. The molecule has 2 saturated heterocycles. The second-order valence-electron chi connectivity index (χ2n) is 6.87. The maximum atomic E-state index is 12.5. The lowest BCUT2D eigenvalue weighted by atomic mass is 10.0. The fourth-order valence-corrected chi connectivity index (χ4v) is 3.72. The molecule has 1 aromatic rings. The van der Waals surface area contributed by atoms with Crippen LogP contribution in [0.25, 0.3) is 0 Å². The predicted molar refractivity (Wildman–Crippen MR) is 98.9 cm³/mol. The van der Waals surface area contributed by atoms with E-state index in [9.17, 15) is 9.59 Å². The maximum Gasteiger partial charge on any atom is 0.233 e. The maximum absolute atomic E-state index is 12.5. The number of anilines is 1. The molecule has 0 radical (unpaired) electrons. The summed E-state index contributed by atoms with van der Waals surface area (Å²) >= 11 is 0. The van der Waals surface area contributed by atoms with E-state index in [0.717, 1.165) is 29.7 Å². The highest BCUT2D eigenvalue weighted by Crippen LogP contribution is 2.31. The SMILES string of the molecule is CCc1cccc(CC)c1NC(=O)CC(=O)N1CCC2(CC1)OCCO2. The topological polar surface area (TPSA) is 67.9 Å². The van der Waals surface area contributed by atoms with Gasteiger partial charge in [0.2, 0.25) is 11.8 Å². The van der Waals surface area contributed by atoms with Gasteiger partial charge in [-0.1, -0.05) is 32.0 Å². The van der Waals surface area contributed by atoms with Crippen LogP contribution in [0.4, 0.5) is 5.69 Å². The number of carbonyl (C=O) groups is 2. The Morgan fingerprint density at radius 2 is 1.65 bits per heavy atom. The Labute approximate surface area is 154 Å². The quantitative estimate of drug-likeness (QED) is 0.820. The van der Waals surface area contributed by atoms with E-state index < -0.39 is 5.79 Å². The van der Waals surface area contributed by atoms with Crippen molar-refractivity contribution in [2.24, 2.45) is 0 Å². The zero-order valence-corrected chi connectivity index (χ0v) is 15.7. The number of nitrogens with zero attached hydrogens (tertiary/aromatic N) is 1. The summed E-state index contributed by atoms with van der Waals surface area (Å²) in [6, 6.07) is 6.04. The summed E-state index contributed by atoms with van der Waals surface area (Å²) in [6.07, 6.45) is 2.88. The minimum absolute atomic E-state index is 0.129. The van der Waals surface area contributed by atoms with Gasteiger partial charge in [0, 0.05) is 31.6 Å². The number of nitrogens with one attached hydrogen (secondary N) is 1. The van der Waals surface area contributed by atoms with Gasteiger partial charge in [-0.25, -0.2) is 0 Å². The Bertz CT molecular complexity index is 636. The van der Waals surface area contributed by atoms with E-state index in [1.54, 1.807) is 4.90 Å². The first-order valence-electron chi connectivity index (χ1n) is 9.53. The van der Waals surface area contributed by atoms with Crippen LogP contribution in [0.2, 0.25) is 0 Å². The molecule has 0 saturated carbocycles. The van der Waals surface area contributed by atoms with Gasteiger partial charge >= 0.3 is 0 Å². The van der Waals surface area contributed by atoms with Crippen molar-refractivity contribution in [1.82, 2.24) is 4.90 Å². The second-order valence-corrected chi connectivity index (χ2v) is 6.87. The Hall–Kier alpha value is -1.92. The van der Waals surface area contributed by atoms with Crippen LogP contribution in [0.3, 0.4) is 0 Å². The largest absolute Gasteiger partial charge is 0.347 e. The molecule has 26 heavy (non-hydrogen) atoms. The molecule has 2 aliphatic rings. The summed E-state index contributed by atoms with van der Waals surface area (Å²) in [5.41, 5.74) is 3.06. The molecule has 1 spiro atoms. The summed E-state index contributed by atoms with van der Waals surface area (Å²) < 4.78 is 11.4. The summed E-state index contributed by atoms with van der Waals surface area (Å²) in [5.74, 6) is -0.892. The Balaban J connectivity index is 1.56. The van der Waals surface area contributed by atoms with Crippen LogP contribution in [-0.2, 0) is 31.9 Å². The lowest BCUT2D eigenvalue weighted by Crippen LogP contribution is -2.47. The number of aryl methyl sites for hydroxylation is 2. The van der Waals surface area contributed by atoms with Crippen LogP contribution in [-0.4, -0.2) is 48.8 Å². The first kappa shape index (κ1) is 18.9. The van der Waals surface area contributed by atoms with Crippen molar-refractivity contribution in [2.45, 2.75) is 51.7 Å². The fourth-order valence-electron chi connectivity index (χ4n) is 3.72. The van der Waals surface area contributed by atoms with Gasteiger partial charge < -0.3 is 19.7 Å². The molecule has 6 nitrogen and oxygen atoms in total. The minimum atomic E-state index is -0.505. The van der Waals surface area contributed by atoms with Gasteiger partial charge in [-0.05, 0) is 24.0 Å². The third-order valence-corrected chi connectivity index (χ3v) is 5.27. The van der Waals surface area contributed by atoms with Crippen LogP contribution in [0.15, 0.2) is 18.2 Å². The minimum Gasteiger partial charge on any atom is -0.347 e. The van der Waals surface area contributed by atoms with E-state index >= 15 is 0 Å². The van der Waals surface area contributed by atoms with Crippen molar-refractivity contribution < 1.29 is 19.1 Å². The van der Waals surface area contributed by atoms with Crippen LogP contribution in [0.5, 0.6) is 0 Å². The number of piperidine rings is 1. The molecule has 0 bridgehead atoms. The molecule has 142 valence electrons. The van der Waals surface area contributed by atoms with E-state index in [-0.39, 0.29) is 18.2 Å². The van der Waals surface area contributed by atoms with Crippen molar-refractivity contribution in [2.75, 3.05) is 31.6 Å². The Morgan fingerprint density at radius 3 is 2.19 bits per heavy atom. The Kier molecular flexibility index (Phi) is 5.94. The number of amides is 2. The van der Waals surface area contributed by atoms with E-state index in [0.29, 0.717) is 39.1 Å². The summed E-state index contributed by atoms with van der Waals surface area (Å²) in [6.45, 7) is 6.49. The van der Waals surface area contributed by atoms with Gasteiger partial charge in [0.25, 0.3) is 0 Å². The fraction of sp³-hybridized carbons (Fsp3) is 0.600. The highest BCUT2D eigenvalue weighted by Gasteiger charge is 2.40. The third kappa shape index (κ3) is 4.07. The lowest BCUT2D eigenvalue weighted by Gasteiger charge is -2.37. The van der Waals surface area contributed by atoms with E-state index in [2.05, 4.69) is 19.2 Å². The summed E-state index contributed by atoms with van der Waals surface area (Å²) in [7, 11) is 0. The molecule has 2 fully saturated rings. The van der Waals surface area contributed by atoms with Gasteiger partial charge in [0.15, 0.2) is 5.79 Å². The molecule has 3 rings (SSSR count). The van der Waals surface area contributed by atoms with Gasteiger partial charge in [-0.3, -0.25) is 9.59 Å². The molecule has 0 aromatic heterocycles. The standard InChI is InChI=1S/C20H28N2O4/c1-3-15-6-5-7-16(4-2)19(15)21-17(23)14-18(24)22-10-8-20(9-11-22)25-12-13-26-20/h5-7H,3-4,8-14H2,1-2H3,(H,21,23). The molecular weight excluding hydrogens is 332 g/mol. The smallest absolute Gasteiger partial charge is 0.233 e. The number of hydrogen-bond acceptors (Lipinski definition) is 4. The first-order chi connectivity index (χ1) is 12.6. The first-order valence-corrected chi connectivity index (χ1v) is 9.53. The highest BCUT2D eigenvalue weighted by molar-refractivity contribution is 6.04. The van der Waals surface area contributed by atoms with Gasteiger partial charge in [-0.2, -0.15) is 0 Å². The van der Waals surface area contributed by atoms with Crippen molar-refractivity contribution in [3.05, 3.63) is 29.3 Å². The molecule has 1 aromatic carbocycles. The van der Waals surface area contributed by atoms with Crippen molar-refractivity contribution in [1.29, 1.82) is 0 Å². The number of benzene rings is 1. The molecule has 2 aliphatic heterocycles. The van der Waals surface area contributed by atoms with Gasteiger partial charge in [0.05, 0.1) is 13.2 Å². The van der Waals surface area contributed by atoms with Crippen LogP contribution >= 0.6 is 0 Å². The van der Waals surface area contributed by atoms with E-state index in [4.69, 9.17) is 9.47 Å². The number of para-hydroxylation sites is 1. The summed E-state index contributed by atoms with van der Waals surface area (Å²) in [5, 5.41) is 2.96. The number of ether oxygens (including phenoxy) is 2. The molecule has 0 atom stereocenters. The number of carbonyl (C=O) groups excluding carboxylic acids is 2. The Morgan fingerprint density at radius 1 is 1.08 bits per heavy atom. The van der Waals surface area contributed by atoms with E-state index in [1.165, 1.54) is 0 Å². The third-order valence-electron chi connectivity index (χ3n) is 5.27. The van der Waals surface area contributed by atoms with Gasteiger partial charge in [0.1, 0.15) is 6.42 Å². The van der Waals surface area contributed by atoms with Crippen molar-refractivity contribution in [3.8, 4) is 0 Å². The number of hydrogen-bond donors (Lipinski definition) is 1. The average molecular weight is 360 g/mol. The predicted octanol–water partition coefficient (Wildman–Crippen LogP) is 2.51. The number of likely N-dealkylation sites (tertiary alicyclic amines) is 1. The van der Waals surface area contributed by atoms with E-state index in [1.807, 2.05) is 18.2 Å². The van der Waals surface area contributed by atoms with Crippen molar-refractivity contribution in [3.63, 3.8) is 0 Å². The van der Waals surface area contributed by atoms with Crippen LogP contribution in [0, 0.1) is 0 Å². The van der Waals surface area contributed by atoms with Crippen LogP contribution < -0.4 is 5.32 Å². The molecule has 6 heteroatoms. The zero-order chi connectivity index (χ0) is 18.6. The monoisotopic (exact) mass is 360 g/mol. The van der Waals surface area contributed by atoms with Crippen LogP contribution in [0.1, 0.15) is 44.2 Å². The summed E-state index contributed by atoms with van der Waals surface area (Å²) in [4.78, 5) is 26.7. The molecule has 1 N–H and O–H groups in total. The number of rotatable bonds is 5. The highest BCUT2D eigenvalue weighted by atomic mass is 16.7. The molecule has 2 heterocycles. The normalized spacial score (nSPS) is 18.9.